The van der Waals surface area contributed by atoms with Crippen LogP contribution >= 0.6 is 0 Å². The average Bonchev–Trinajstić information content (AvgIpc) is 3.24. The van der Waals surface area contributed by atoms with Gasteiger partial charge in [-0.3, -0.25) is 9.69 Å². The molecule has 2 heterocycles. The van der Waals surface area contributed by atoms with Crippen molar-refractivity contribution in [1.29, 1.82) is 0 Å². The van der Waals surface area contributed by atoms with Crippen molar-refractivity contribution < 1.29 is 17.6 Å². The highest BCUT2D eigenvalue weighted by atomic mass is 32.2. The Kier molecular flexibility index (Phi) is 7.04. The van der Waals surface area contributed by atoms with Gasteiger partial charge in [-0.2, -0.15) is 0 Å². The summed E-state index contributed by atoms with van der Waals surface area (Å²) in [4.78, 5) is 17.3. The number of hydrogen-bond acceptors (Lipinski definition) is 5. The fourth-order valence-corrected chi connectivity index (χ4v) is 4.79. The van der Waals surface area contributed by atoms with Crippen LogP contribution in [0.15, 0.2) is 82.3 Å². The topological polar surface area (TPSA) is 82.9 Å². The summed E-state index contributed by atoms with van der Waals surface area (Å²) in [6.07, 6.45) is 2.40. The lowest BCUT2D eigenvalue weighted by Crippen LogP contribution is -2.35. The van der Waals surface area contributed by atoms with Crippen molar-refractivity contribution in [2.75, 3.05) is 26.2 Å². The predicted octanol–water partition coefficient (Wildman–Crippen LogP) is 3.11. The van der Waals surface area contributed by atoms with E-state index in [0.29, 0.717) is 24.4 Å². The van der Waals surface area contributed by atoms with Crippen LogP contribution in [0.1, 0.15) is 28.1 Å². The molecule has 1 aliphatic rings. The van der Waals surface area contributed by atoms with E-state index in [1.54, 1.807) is 24.3 Å². The number of nitrogens with zero attached hydrogens (tertiary/aromatic N) is 2. The lowest BCUT2D eigenvalue weighted by molar-refractivity contribution is 0.0761. The normalized spacial score (nSPS) is 15.4. The van der Waals surface area contributed by atoms with E-state index in [1.807, 2.05) is 23.1 Å². The second-order valence-electron chi connectivity index (χ2n) is 7.84. The van der Waals surface area contributed by atoms with Crippen LogP contribution in [-0.4, -0.2) is 50.3 Å². The number of hydrogen-bond donors (Lipinski definition) is 1. The van der Waals surface area contributed by atoms with E-state index in [-0.39, 0.29) is 17.3 Å². The predicted molar refractivity (Wildman–Crippen MR) is 121 cm³/mol. The van der Waals surface area contributed by atoms with Crippen molar-refractivity contribution in [1.82, 2.24) is 14.5 Å². The molecule has 1 amide bonds. The van der Waals surface area contributed by atoms with Crippen molar-refractivity contribution in [2.45, 2.75) is 24.4 Å². The summed E-state index contributed by atoms with van der Waals surface area (Å²) in [5.74, 6) is 0.460. The lowest BCUT2D eigenvalue weighted by atomic mass is 10.2. The molecule has 0 bridgehead atoms. The van der Waals surface area contributed by atoms with Crippen molar-refractivity contribution >= 4 is 15.9 Å². The molecule has 4 rings (SSSR count). The molecule has 1 aromatic heterocycles. The highest BCUT2D eigenvalue weighted by molar-refractivity contribution is 7.89. The molecule has 1 fully saturated rings. The van der Waals surface area contributed by atoms with Gasteiger partial charge in [-0.25, -0.2) is 13.1 Å². The van der Waals surface area contributed by atoms with E-state index in [4.69, 9.17) is 4.42 Å². The van der Waals surface area contributed by atoms with Gasteiger partial charge in [0.25, 0.3) is 5.91 Å². The van der Waals surface area contributed by atoms with Crippen LogP contribution in [0.5, 0.6) is 0 Å². The molecule has 2 aromatic carbocycles. The summed E-state index contributed by atoms with van der Waals surface area (Å²) >= 11 is 0. The van der Waals surface area contributed by atoms with Crippen molar-refractivity contribution in [3.8, 4) is 0 Å². The Bertz CT molecular complexity index is 1110. The zero-order chi connectivity index (χ0) is 22.4. The van der Waals surface area contributed by atoms with E-state index in [0.717, 1.165) is 26.1 Å². The summed E-state index contributed by atoms with van der Waals surface area (Å²) in [5, 5.41) is 0. The Hall–Kier alpha value is -2.94. The smallest absolute Gasteiger partial charge is 0.253 e. The molecule has 168 valence electrons. The van der Waals surface area contributed by atoms with Gasteiger partial charge in [-0.05, 0) is 48.4 Å². The van der Waals surface area contributed by atoms with E-state index in [9.17, 15) is 13.2 Å². The number of rotatable bonds is 7. The third-order valence-corrected chi connectivity index (χ3v) is 6.97. The summed E-state index contributed by atoms with van der Waals surface area (Å²) in [6, 6.07) is 19.8. The Morgan fingerprint density at radius 3 is 2.41 bits per heavy atom. The second kappa shape index (κ2) is 10.1. The van der Waals surface area contributed by atoms with Crippen LogP contribution in [-0.2, 0) is 23.1 Å². The second-order valence-corrected chi connectivity index (χ2v) is 9.60. The maximum atomic E-state index is 13.0. The number of nitrogens with one attached hydrogen (secondary N) is 1. The van der Waals surface area contributed by atoms with Crippen molar-refractivity contribution in [3.05, 3.63) is 89.9 Å². The first-order chi connectivity index (χ1) is 15.5. The molecule has 0 saturated carbocycles. The number of benzene rings is 2. The first-order valence-electron chi connectivity index (χ1n) is 10.7. The van der Waals surface area contributed by atoms with Gasteiger partial charge in [0, 0.05) is 38.3 Å². The Morgan fingerprint density at radius 2 is 1.69 bits per heavy atom. The zero-order valence-electron chi connectivity index (χ0n) is 17.8. The molecule has 1 N–H and O–H groups in total. The fraction of sp³-hybridized carbons (Fsp3) is 0.292. The minimum Gasteiger partial charge on any atom is -0.468 e. The molecule has 1 saturated heterocycles. The Balaban J connectivity index is 1.35. The molecule has 0 atom stereocenters. The van der Waals surface area contributed by atoms with E-state index >= 15 is 0 Å². The summed E-state index contributed by atoms with van der Waals surface area (Å²) < 4.78 is 32.6. The molecular formula is C24H27N3O4S. The van der Waals surface area contributed by atoms with Crippen LogP contribution in [0.2, 0.25) is 0 Å². The van der Waals surface area contributed by atoms with Gasteiger partial charge in [0.15, 0.2) is 0 Å². The number of carbonyl (C=O) groups excluding carboxylic acids is 1. The molecule has 0 aliphatic carbocycles. The highest BCUT2D eigenvalue weighted by Gasteiger charge is 2.21. The van der Waals surface area contributed by atoms with Gasteiger partial charge >= 0.3 is 0 Å². The van der Waals surface area contributed by atoms with Crippen LogP contribution in [0.25, 0.3) is 0 Å². The third kappa shape index (κ3) is 5.64. The molecule has 1 aliphatic heterocycles. The fourth-order valence-electron chi connectivity index (χ4n) is 3.80. The van der Waals surface area contributed by atoms with Crippen LogP contribution in [0.4, 0.5) is 0 Å². The minimum atomic E-state index is -3.69. The number of sulfonamides is 1. The maximum absolute atomic E-state index is 13.0. The van der Waals surface area contributed by atoms with E-state index < -0.39 is 10.0 Å². The third-order valence-electron chi connectivity index (χ3n) is 5.55. The molecule has 0 unspecified atom stereocenters. The highest BCUT2D eigenvalue weighted by Crippen LogP contribution is 2.15. The first-order valence-corrected chi connectivity index (χ1v) is 12.2. The molecule has 32 heavy (non-hydrogen) atoms. The minimum absolute atomic E-state index is 0.0703. The van der Waals surface area contributed by atoms with Crippen LogP contribution < -0.4 is 4.72 Å². The monoisotopic (exact) mass is 453 g/mol. The van der Waals surface area contributed by atoms with E-state index in [2.05, 4.69) is 21.8 Å². The first kappa shape index (κ1) is 22.3. The Morgan fingerprint density at radius 1 is 0.906 bits per heavy atom. The van der Waals surface area contributed by atoms with Crippen molar-refractivity contribution in [2.24, 2.45) is 0 Å². The van der Waals surface area contributed by atoms with Gasteiger partial charge in [0.2, 0.25) is 10.0 Å². The van der Waals surface area contributed by atoms with E-state index in [1.165, 1.54) is 24.0 Å². The lowest BCUT2D eigenvalue weighted by Gasteiger charge is -2.22. The number of amides is 1. The molecule has 3 aromatic rings. The molecular weight excluding hydrogens is 426 g/mol. The van der Waals surface area contributed by atoms with Crippen LogP contribution in [0.3, 0.4) is 0 Å². The largest absolute Gasteiger partial charge is 0.468 e. The SMILES string of the molecule is O=C(c1ccc(S(=O)(=O)NCc2ccco2)cc1)N1CCCN(Cc2ccccc2)CC1. The van der Waals surface area contributed by atoms with Gasteiger partial charge in [-0.15, -0.1) is 0 Å². The average molecular weight is 454 g/mol. The standard InChI is InChI=1S/C24H27N3O4S/c28-24(27-14-5-13-26(15-16-27)19-20-6-2-1-3-7-20)21-9-11-23(12-10-21)32(29,30)25-18-22-8-4-17-31-22/h1-4,6-12,17,25H,5,13-16,18-19H2. The summed E-state index contributed by atoms with van der Waals surface area (Å²) in [7, 11) is -3.69. The molecule has 8 heteroatoms. The van der Waals surface area contributed by atoms with Gasteiger partial charge in [0.05, 0.1) is 17.7 Å². The van der Waals surface area contributed by atoms with Gasteiger partial charge in [0.1, 0.15) is 5.76 Å². The van der Waals surface area contributed by atoms with Gasteiger partial charge < -0.3 is 9.32 Å². The molecule has 0 spiro atoms. The van der Waals surface area contributed by atoms with Crippen molar-refractivity contribution in [3.63, 3.8) is 0 Å². The summed E-state index contributed by atoms with van der Waals surface area (Å²) in [5.41, 5.74) is 1.76. The molecule has 0 radical (unpaired) electrons. The van der Waals surface area contributed by atoms with Gasteiger partial charge in [-0.1, -0.05) is 30.3 Å². The number of furan rings is 1. The number of carbonyl (C=O) groups is 1. The Labute approximate surface area is 188 Å². The summed E-state index contributed by atoms with van der Waals surface area (Å²) in [6.45, 7) is 4.04. The quantitative estimate of drug-likeness (QED) is 0.594. The zero-order valence-corrected chi connectivity index (χ0v) is 18.6. The van der Waals surface area contributed by atoms with Crippen LogP contribution in [0, 0.1) is 0 Å². The maximum Gasteiger partial charge on any atom is 0.253 e. The molecule has 7 nitrogen and oxygen atoms in total.